The zero-order chi connectivity index (χ0) is 16.6. The van der Waals surface area contributed by atoms with Crippen LogP contribution in [0.1, 0.15) is 31.7 Å². The predicted molar refractivity (Wildman–Crippen MR) is 85.1 cm³/mol. The summed E-state index contributed by atoms with van der Waals surface area (Å²) in [5.74, 6) is 0.297. The number of amides is 1. The van der Waals surface area contributed by atoms with Gasteiger partial charge in [0.15, 0.2) is 11.5 Å². The Balaban J connectivity index is 2.07. The largest absolute Gasteiger partial charge is 0.463 e. The van der Waals surface area contributed by atoms with Crippen molar-refractivity contribution < 1.29 is 23.8 Å². The average Bonchev–Trinajstić information content (AvgIpc) is 2.92. The highest BCUT2D eigenvalue weighted by Crippen LogP contribution is 2.43. The van der Waals surface area contributed by atoms with Crippen molar-refractivity contribution in [2.75, 3.05) is 13.4 Å². The molecule has 0 saturated heterocycles. The first-order chi connectivity index (χ1) is 11.0. The molecule has 0 bridgehead atoms. The van der Waals surface area contributed by atoms with E-state index < -0.39 is 11.9 Å². The van der Waals surface area contributed by atoms with Gasteiger partial charge in [0, 0.05) is 22.5 Å². The number of rotatable bonds is 3. The summed E-state index contributed by atoms with van der Waals surface area (Å²) >= 11 is 3.50. The van der Waals surface area contributed by atoms with Gasteiger partial charge in [-0.25, -0.2) is 4.79 Å². The monoisotopic (exact) mass is 381 g/mol. The van der Waals surface area contributed by atoms with Gasteiger partial charge in [0.1, 0.15) is 0 Å². The lowest BCUT2D eigenvalue weighted by Crippen LogP contribution is -2.34. The number of halogens is 1. The third kappa shape index (κ3) is 2.93. The number of ether oxygens (including phenoxy) is 3. The van der Waals surface area contributed by atoms with E-state index >= 15 is 0 Å². The molecule has 1 aromatic carbocycles. The molecule has 1 aromatic rings. The number of esters is 1. The van der Waals surface area contributed by atoms with Crippen LogP contribution in [0.3, 0.4) is 0 Å². The minimum atomic E-state index is -0.417. The van der Waals surface area contributed by atoms with Crippen molar-refractivity contribution in [3.63, 3.8) is 0 Å². The lowest BCUT2D eigenvalue weighted by molar-refractivity contribution is -0.139. The highest BCUT2D eigenvalue weighted by atomic mass is 79.9. The van der Waals surface area contributed by atoms with Crippen molar-refractivity contribution in [2.45, 2.75) is 26.2 Å². The fourth-order valence-corrected chi connectivity index (χ4v) is 3.44. The van der Waals surface area contributed by atoms with Crippen molar-refractivity contribution in [1.82, 2.24) is 5.32 Å². The summed E-state index contributed by atoms with van der Waals surface area (Å²) in [6.45, 7) is 3.90. The molecule has 0 fully saturated rings. The van der Waals surface area contributed by atoms with Gasteiger partial charge in [0.25, 0.3) is 0 Å². The summed E-state index contributed by atoms with van der Waals surface area (Å²) in [5.41, 5.74) is 1.78. The van der Waals surface area contributed by atoms with Crippen LogP contribution in [-0.2, 0) is 14.3 Å². The second-order valence-electron chi connectivity index (χ2n) is 5.29. The molecule has 23 heavy (non-hydrogen) atoms. The van der Waals surface area contributed by atoms with Crippen molar-refractivity contribution in [3.05, 3.63) is 33.4 Å². The highest BCUT2D eigenvalue weighted by molar-refractivity contribution is 9.10. The standard InChI is InChI=1S/C16H16BrNO5/c1-3-21-16(20)15-8(2)18-14(19)5-10(15)9-4-12-13(6-11(9)17)23-7-22-12/h4,6,10H,3,5,7H2,1-2H3,(H,18,19)/t10-/m1/s1. The summed E-state index contributed by atoms with van der Waals surface area (Å²) in [4.78, 5) is 24.3. The molecule has 0 aliphatic carbocycles. The molecule has 0 spiro atoms. The molecular weight excluding hydrogens is 366 g/mol. The van der Waals surface area contributed by atoms with Gasteiger partial charge >= 0.3 is 5.97 Å². The molecule has 0 unspecified atom stereocenters. The Hall–Kier alpha value is -2.02. The number of hydrogen-bond donors (Lipinski definition) is 1. The smallest absolute Gasteiger partial charge is 0.336 e. The Morgan fingerprint density at radius 3 is 2.78 bits per heavy atom. The Bertz CT molecular complexity index is 713. The molecule has 0 radical (unpaired) electrons. The van der Waals surface area contributed by atoms with Gasteiger partial charge in [-0.3, -0.25) is 4.79 Å². The van der Waals surface area contributed by atoms with E-state index in [4.69, 9.17) is 14.2 Å². The number of carbonyl (C=O) groups excluding carboxylic acids is 2. The molecule has 0 aromatic heterocycles. The highest BCUT2D eigenvalue weighted by Gasteiger charge is 2.34. The first kappa shape index (κ1) is 15.9. The van der Waals surface area contributed by atoms with Gasteiger partial charge in [-0.15, -0.1) is 0 Å². The summed E-state index contributed by atoms with van der Waals surface area (Å²) in [6.07, 6.45) is 0.170. The summed E-state index contributed by atoms with van der Waals surface area (Å²) in [7, 11) is 0. The Morgan fingerprint density at radius 1 is 1.39 bits per heavy atom. The minimum absolute atomic E-state index is 0.134. The molecule has 7 heteroatoms. The maximum atomic E-state index is 12.3. The maximum absolute atomic E-state index is 12.3. The molecule has 2 aliphatic heterocycles. The van der Waals surface area contributed by atoms with Crippen molar-refractivity contribution >= 4 is 27.8 Å². The van der Waals surface area contributed by atoms with E-state index in [2.05, 4.69) is 21.2 Å². The van der Waals surface area contributed by atoms with Crippen molar-refractivity contribution in [1.29, 1.82) is 0 Å². The Labute approximate surface area is 141 Å². The lowest BCUT2D eigenvalue weighted by atomic mass is 9.84. The fourth-order valence-electron chi connectivity index (χ4n) is 2.85. The summed E-state index contributed by atoms with van der Waals surface area (Å²) in [6, 6.07) is 3.60. The zero-order valence-electron chi connectivity index (χ0n) is 12.8. The van der Waals surface area contributed by atoms with Crippen LogP contribution in [0.2, 0.25) is 0 Å². The first-order valence-corrected chi connectivity index (χ1v) is 8.07. The summed E-state index contributed by atoms with van der Waals surface area (Å²) in [5, 5.41) is 2.71. The Kier molecular flexibility index (Phi) is 4.30. The number of carbonyl (C=O) groups is 2. The van der Waals surface area contributed by atoms with Gasteiger partial charge in [-0.05, 0) is 31.5 Å². The SMILES string of the molecule is CCOC(=O)C1=C(C)NC(=O)C[C@@H]1c1cc2c(cc1Br)OCO2. The zero-order valence-corrected chi connectivity index (χ0v) is 14.4. The predicted octanol–water partition coefficient (Wildman–Crippen LogP) is 2.62. The van der Waals surface area contributed by atoms with Gasteiger partial charge in [-0.1, -0.05) is 15.9 Å². The molecule has 1 N–H and O–H groups in total. The van der Waals surface area contributed by atoms with Crippen LogP contribution in [0.4, 0.5) is 0 Å². The van der Waals surface area contributed by atoms with E-state index in [1.165, 1.54) is 0 Å². The third-order valence-corrected chi connectivity index (χ3v) is 4.52. The molecule has 2 aliphatic rings. The topological polar surface area (TPSA) is 73.9 Å². The number of hydrogen-bond acceptors (Lipinski definition) is 5. The van der Waals surface area contributed by atoms with Crippen molar-refractivity contribution in [3.8, 4) is 11.5 Å². The number of benzene rings is 1. The van der Waals surface area contributed by atoms with Gasteiger partial charge in [0.05, 0.1) is 12.2 Å². The lowest BCUT2D eigenvalue weighted by Gasteiger charge is -2.27. The molecular formula is C16H16BrNO5. The average molecular weight is 382 g/mol. The van der Waals surface area contributed by atoms with Crippen LogP contribution in [0.5, 0.6) is 11.5 Å². The van der Waals surface area contributed by atoms with Crippen LogP contribution in [-0.4, -0.2) is 25.3 Å². The van der Waals surface area contributed by atoms with Gasteiger partial charge < -0.3 is 19.5 Å². The molecule has 0 saturated carbocycles. The van der Waals surface area contributed by atoms with Crippen LogP contribution < -0.4 is 14.8 Å². The minimum Gasteiger partial charge on any atom is -0.463 e. The van der Waals surface area contributed by atoms with E-state index in [0.29, 0.717) is 22.8 Å². The van der Waals surface area contributed by atoms with Crippen LogP contribution in [0.25, 0.3) is 0 Å². The van der Waals surface area contributed by atoms with Crippen LogP contribution >= 0.6 is 15.9 Å². The summed E-state index contributed by atoms with van der Waals surface area (Å²) < 4.78 is 16.7. The van der Waals surface area contributed by atoms with Gasteiger partial charge in [-0.2, -0.15) is 0 Å². The van der Waals surface area contributed by atoms with E-state index in [1.807, 2.05) is 6.07 Å². The number of fused-ring (bicyclic) bond motifs is 1. The van der Waals surface area contributed by atoms with E-state index in [0.717, 1.165) is 10.0 Å². The van der Waals surface area contributed by atoms with Crippen LogP contribution in [0, 0.1) is 0 Å². The van der Waals surface area contributed by atoms with Gasteiger partial charge in [0.2, 0.25) is 12.7 Å². The quantitative estimate of drug-likeness (QED) is 0.814. The number of nitrogens with one attached hydrogen (secondary N) is 1. The molecule has 1 amide bonds. The third-order valence-electron chi connectivity index (χ3n) is 3.83. The molecule has 3 rings (SSSR count). The Morgan fingerprint density at radius 2 is 2.09 bits per heavy atom. The van der Waals surface area contributed by atoms with Crippen LogP contribution in [0.15, 0.2) is 27.9 Å². The molecule has 122 valence electrons. The maximum Gasteiger partial charge on any atom is 0.336 e. The number of allylic oxidation sites excluding steroid dienone is 1. The second-order valence-corrected chi connectivity index (χ2v) is 6.15. The molecule has 6 nitrogen and oxygen atoms in total. The second kappa shape index (κ2) is 6.23. The molecule has 1 atom stereocenters. The van der Waals surface area contributed by atoms with E-state index in [1.54, 1.807) is 19.9 Å². The van der Waals surface area contributed by atoms with E-state index in [-0.39, 0.29) is 25.7 Å². The normalized spacial score (nSPS) is 19.6. The first-order valence-electron chi connectivity index (χ1n) is 7.28. The molecule has 2 heterocycles. The fraction of sp³-hybridized carbons (Fsp3) is 0.375. The van der Waals surface area contributed by atoms with E-state index in [9.17, 15) is 9.59 Å². The van der Waals surface area contributed by atoms with Crippen molar-refractivity contribution in [2.24, 2.45) is 0 Å².